The first-order valence-electron chi connectivity index (χ1n) is 3.53. The summed E-state index contributed by atoms with van der Waals surface area (Å²) < 4.78 is 0. The van der Waals surface area contributed by atoms with Crippen molar-refractivity contribution in [1.29, 1.82) is 0 Å². The first-order valence-corrected chi connectivity index (χ1v) is 3.53. The highest BCUT2D eigenvalue weighted by Crippen LogP contribution is 1.97. The zero-order valence-corrected chi connectivity index (χ0v) is 6.66. The fraction of sp³-hybridized carbons (Fsp3) is 0.500. The van der Waals surface area contributed by atoms with Crippen LogP contribution in [0.4, 0.5) is 4.79 Å². The summed E-state index contributed by atoms with van der Waals surface area (Å²) in [5, 5.41) is 20.5. The number of aromatic nitrogens is 3. The van der Waals surface area contributed by atoms with Crippen LogP contribution < -0.4 is 5.32 Å². The maximum Gasteiger partial charge on any atom is 0.404 e. The molecule has 1 aromatic heterocycles. The molecule has 6 nitrogen and oxygen atoms in total. The van der Waals surface area contributed by atoms with Gasteiger partial charge in [-0.15, -0.1) is 5.10 Å². The van der Waals surface area contributed by atoms with Gasteiger partial charge in [0.25, 0.3) is 0 Å². The third-order valence-corrected chi connectivity index (χ3v) is 1.47. The Balaban J connectivity index is 2.33. The van der Waals surface area contributed by atoms with Gasteiger partial charge in [-0.25, -0.2) is 4.79 Å². The van der Waals surface area contributed by atoms with Crippen LogP contribution >= 0.6 is 0 Å². The van der Waals surface area contributed by atoms with E-state index in [0.29, 0.717) is 13.0 Å². The molecular weight excluding hydrogens is 160 g/mol. The third kappa shape index (κ3) is 2.22. The molecule has 0 aliphatic heterocycles. The number of nitrogens with one attached hydrogen (secondary N) is 2. The summed E-state index contributed by atoms with van der Waals surface area (Å²) >= 11 is 0. The van der Waals surface area contributed by atoms with Crippen molar-refractivity contribution in [3.8, 4) is 0 Å². The van der Waals surface area contributed by atoms with Crippen LogP contribution in [0.2, 0.25) is 0 Å². The van der Waals surface area contributed by atoms with Crippen molar-refractivity contribution in [3.05, 3.63) is 11.4 Å². The van der Waals surface area contributed by atoms with Gasteiger partial charge in [0.1, 0.15) is 0 Å². The number of nitrogens with zero attached hydrogens (tertiary/aromatic N) is 2. The number of aromatic amines is 1. The second kappa shape index (κ2) is 3.70. The van der Waals surface area contributed by atoms with Gasteiger partial charge in [-0.3, -0.25) is 5.10 Å². The predicted molar refractivity (Wildman–Crippen MR) is 40.9 cm³/mol. The Morgan fingerprint density at radius 2 is 2.50 bits per heavy atom. The van der Waals surface area contributed by atoms with Crippen molar-refractivity contribution in [3.63, 3.8) is 0 Å². The number of rotatable bonds is 3. The van der Waals surface area contributed by atoms with E-state index >= 15 is 0 Å². The molecule has 0 radical (unpaired) electrons. The van der Waals surface area contributed by atoms with Crippen molar-refractivity contribution >= 4 is 6.09 Å². The third-order valence-electron chi connectivity index (χ3n) is 1.47. The Hall–Kier alpha value is -1.59. The highest BCUT2D eigenvalue weighted by Gasteiger charge is 2.01. The Morgan fingerprint density at radius 1 is 1.75 bits per heavy atom. The second-order valence-corrected chi connectivity index (χ2v) is 2.36. The average molecular weight is 170 g/mol. The van der Waals surface area contributed by atoms with Gasteiger partial charge in [0, 0.05) is 13.0 Å². The first kappa shape index (κ1) is 8.51. The summed E-state index contributed by atoms with van der Waals surface area (Å²) in [7, 11) is 0. The molecule has 1 amide bonds. The van der Waals surface area contributed by atoms with Gasteiger partial charge in [0.15, 0.2) is 0 Å². The molecule has 0 aromatic carbocycles. The number of H-pyrrole nitrogens is 1. The second-order valence-electron chi connectivity index (χ2n) is 2.36. The monoisotopic (exact) mass is 170 g/mol. The zero-order valence-electron chi connectivity index (χ0n) is 6.66. The van der Waals surface area contributed by atoms with E-state index in [0.717, 1.165) is 11.4 Å². The lowest BCUT2D eigenvalue weighted by Crippen LogP contribution is -2.23. The van der Waals surface area contributed by atoms with Crippen molar-refractivity contribution in [2.45, 2.75) is 13.3 Å². The molecule has 0 aliphatic rings. The Kier molecular flexibility index (Phi) is 2.62. The van der Waals surface area contributed by atoms with Gasteiger partial charge in [-0.2, -0.15) is 0 Å². The maximum absolute atomic E-state index is 10.1. The molecule has 3 N–H and O–H groups in total. The number of carboxylic acid groups (broad SMARTS) is 1. The smallest absolute Gasteiger partial charge is 0.404 e. The van der Waals surface area contributed by atoms with Crippen LogP contribution in [0.1, 0.15) is 11.4 Å². The van der Waals surface area contributed by atoms with Gasteiger partial charge in [0.2, 0.25) is 0 Å². The van der Waals surface area contributed by atoms with Crippen molar-refractivity contribution < 1.29 is 9.90 Å². The topological polar surface area (TPSA) is 90.9 Å². The summed E-state index contributed by atoms with van der Waals surface area (Å²) in [4.78, 5) is 10.1. The molecule has 0 atom stereocenters. The number of amides is 1. The van der Waals surface area contributed by atoms with Crippen molar-refractivity contribution in [1.82, 2.24) is 20.7 Å². The molecule has 6 heteroatoms. The van der Waals surface area contributed by atoms with Gasteiger partial charge < -0.3 is 10.4 Å². The standard InChI is InChI=1S/C6H10N4O2/c1-4-5(9-10-8-4)2-3-7-6(11)12/h7H,2-3H2,1H3,(H,11,12)(H,8,9,10). The Labute approximate surface area is 69.0 Å². The molecule has 0 spiro atoms. The lowest BCUT2D eigenvalue weighted by Gasteiger charge is -1.97. The molecule has 1 heterocycles. The highest BCUT2D eigenvalue weighted by atomic mass is 16.4. The summed E-state index contributed by atoms with van der Waals surface area (Å²) in [6, 6.07) is 0. The quantitative estimate of drug-likeness (QED) is 0.591. The van der Waals surface area contributed by atoms with Gasteiger partial charge in [0.05, 0.1) is 11.4 Å². The van der Waals surface area contributed by atoms with Crippen LogP contribution in [0, 0.1) is 6.92 Å². The molecule has 66 valence electrons. The van der Waals surface area contributed by atoms with Gasteiger partial charge in [-0.05, 0) is 6.92 Å². The maximum atomic E-state index is 10.1. The highest BCUT2D eigenvalue weighted by molar-refractivity contribution is 5.64. The average Bonchev–Trinajstić information content (AvgIpc) is 2.36. The first-order chi connectivity index (χ1) is 5.70. The van der Waals surface area contributed by atoms with E-state index in [-0.39, 0.29) is 0 Å². The van der Waals surface area contributed by atoms with E-state index in [1.165, 1.54) is 0 Å². The van der Waals surface area contributed by atoms with Crippen LogP contribution in [-0.4, -0.2) is 33.2 Å². The van der Waals surface area contributed by atoms with Crippen LogP contribution in [0.15, 0.2) is 0 Å². The minimum atomic E-state index is -1.01. The van der Waals surface area contributed by atoms with Crippen molar-refractivity contribution in [2.75, 3.05) is 6.54 Å². The Morgan fingerprint density at radius 3 is 3.00 bits per heavy atom. The lowest BCUT2D eigenvalue weighted by atomic mass is 10.2. The summed E-state index contributed by atoms with van der Waals surface area (Å²) in [5.41, 5.74) is 1.67. The Bertz CT molecular complexity index is 270. The molecule has 0 unspecified atom stereocenters. The van der Waals surface area contributed by atoms with E-state index in [2.05, 4.69) is 20.7 Å². The van der Waals surface area contributed by atoms with E-state index < -0.39 is 6.09 Å². The van der Waals surface area contributed by atoms with E-state index in [1.807, 2.05) is 6.92 Å². The minimum Gasteiger partial charge on any atom is -0.465 e. The predicted octanol–water partition coefficient (Wildman–Crippen LogP) is -0.0768. The van der Waals surface area contributed by atoms with Crippen LogP contribution in [-0.2, 0) is 6.42 Å². The van der Waals surface area contributed by atoms with E-state index in [1.54, 1.807) is 0 Å². The fourth-order valence-corrected chi connectivity index (χ4v) is 0.833. The summed E-state index contributed by atoms with van der Waals surface area (Å²) in [6.45, 7) is 2.19. The molecule has 12 heavy (non-hydrogen) atoms. The normalized spacial score (nSPS) is 9.75. The van der Waals surface area contributed by atoms with Crippen LogP contribution in [0.5, 0.6) is 0 Å². The zero-order chi connectivity index (χ0) is 8.97. The summed E-state index contributed by atoms with van der Waals surface area (Å²) in [5.74, 6) is 0. The molecular formula is C6H10N4O2. The number of hydrogen-bond donors (Lipinski definition) is 3. The lowest BCUT2D eigenvalue weighted by molar-refractivity contribution is 0.194. The molecule has 0 saturated heterocycles. The summed E-state index contributed by atoms with van der Waals surface area (Å²) in [6.07, 6.45) is -0.425. The number of aryl methyl sites for hydroxylation is 1. The fourth-order valence-electron chi connectivity index (χ4n) is 0.833. The molecule has 0 aliphatic carbocycles. The van der Waals surface area contributed by atoms with Crippen LogP contribution in [0.3, 0.4) is 0 Å². The SMILES string of the molecule is Cc1nn[nH]c1CCNC(=O)O. The van der Waals surface area contributed by atoms with Crippen molar-refractivity contribution in [2.24, 2.45) is 0 Å². The number of hydrogen-bond acceptors (Lipinski definition) is 3. The van der Waals surface area contributed by atoms with E-state index in [4.69, 9.17) is 5.11 Å². The molecule has 0 bridgehead atoms. The molecule has 1 rings (SSSR count). The van der Waals surface area contributed by atoms with Crippen LogP contribution in [0.25, 0.3) is 0 Å². The largest absolute Gasteiger partial charge is 0.465 e. The molecule has 0 saturated carbocycles. The number of carbonyl (C=O) groups is 1. The minimum absolute atomic E-state index is 0.375. The molecule has 0 fully saturated rings. The van der Waals surface area contributed by atoms with Gasteiger partial charge in [-0.1, -0.05) is 5.21 Å². The van der Waals surface area contributed by atoms with Gasteiger partial charge >= 0.3 is 6.09 Å². The molecule has 1 aromatic rings. The van der Waals surface area contributed by atoms with E-state index in [9.17, 15) is 4.79 Å².